The lowest BCUT2D eigenvalue weighted by atomic mass is 10.1. The number of hydrogen-bond donors (Lipinski definition) is 3. The first-order valence-electron chi connectivity index (χ1n) is 11.4. The Morgan fingerprint density at radius 1 is 1.16 bits per heavy atom. The van der Waals surface area contributed by atoms with E-state index >= 15 is 0 Å². The van der Waals surface area contributed by atoms with Gasteiger partial charge in [0.2, 0.25) is 0 Å². The number of benzene rings is 1. The van der Waals surface area contributed by atoms with Crippen LogP contribution in [0.5, 0.6) is 11.5 Å². The Hall–Kier alpha value is -2.71. The van der Waals surface area contributed by atoms with Crippen molar-refractivity contribution < 1.29 is 19.0 Å². The van der Waals surface area contributed by atoms with Gasteiger partial charge in [-0.3, -0.25) is 9.89 Å². The van der Waals surface area contributed by atoms with Crippen molar-refractivity contribution >= 4 is 5.96 Å². The molecule has 32 heavy (non-hydrogen) atoms. The number of methoxy groups -OCH3 is 2. The molecule has 1 aliphatic rings. The van der Waals surface area contributed by atoms with Gasteiger partial charge in [0.25, 0.3) is 0 Å². The first kappa shape index (κ1) is 23.9. The average Bonchev–Trinajstić information content (AvgIpc) is 3.37. The summed E-state index contributed by atoms with van der Waals surface area (Å²) < 4.78 is 16.4. The Balaban J connectivity index is 1.68. The molecule has 1 fully saturated rings. The highest BCUT2D eigenvalue weighted by atomic mass is 16.5. The second kappa shape index (κ2) is 12.4. The van der Waals surface area contributed by atoms with E-state index in [0.717, 1.165) is 25.4 Å². The molecule has 0 saturated carbocycles. The molecule has 2 unspecified atom stereocenters. The summed E-state index contributed by atoms with van der Waals surface area (Å²) in [5, 5.41) is 17.3. The summed E-state index contributed by atoms with van der Waals surface area (Å²) in [5.74, 6) is 2.88. The fraction of sp³-hybridized carbons (Fsp3) is 0.542. The van der Waals surface area contributed by atoms with Crippen molar-refractivity contribution in [3.63, 3.8) is 0 Å². The molecule has 2 atom stereocenters. The summed E-state index contributed by atoms with van der Waals surface area (Å²) in [7, 11) is 3.19. The van der Waals surface area contributed by atoms with E-state index in [1.54, 1.807) is 32.6 Å². The van der Waals surface area contributed by atoms with Gasteiger partial charge in [0.1, 0.15) is 17.3 Å². The largest absolute Gasteiger partial charge is 0.497 e. The molecule has 0 radical (unpaired) electrons. The highest BCUT2D eigenvalue weighted by molar-refractivity contribution is 5.79. The van der Waals surface area contributed by atoms with Gasteiger partial charge in [-0.15, -0.1) is 0 Å². The number of nitrogens with zero attached hydrogens (tertiary/aromatic N) is 2. The van der Waals surface area contributed by atoms with Crippen LogP contribution in [0.3, 0.4) is 0 Å². The van der Waals surface area contributed by atoms with Crippen molar-refractivity contribution in [1.29, 1.82) is 0 Å². The molecular weight excluding hydrogens is 408 g/mol. The quantitative estimate of drug-likeness (QED) is 0.383. The molecule has 0 spiro atoms. The number of furan rings is 1. The molecule has 0 bridgehead atoms. The number of aliphatic hydroxyl groups is 1. The van der Waals surface area contributed by atoms with E-state index in [0.29, 0.717) is 29.6 Å². The third-order valence-corrected chi connectivity index (χ3v) is 5.73. The predicted octanol–water partition coefficient (Wildman–Crippen LogP) is 3.11. The molecule has 0 amide bonds. The zero-order valence-electron chi connectivity index (χ0n) is 19.3. The topological polar surface area (TPSA) is 91.5 Å². The minimum Gasteiger partial charge on any atom is -0.497 e. The second-order valence-electron chi connectivity index (χ2n) is 7.85. The molecule has 176 valence electrons. The Morgan fingerprint density at radius 2 is 1.97 bits per heavy atom. The smallest absolute Gasteiger partial charge is 0.191 e. The normalized spacial score (nSPS) is 16.9. The number of aliphatic hydroxyl groups excluding tert-OH is 1. The molecule has 3 N–H and O–H groups in total. The third kappa shape index (κ3) is 6.40. The monoisotopic (exact) mass is 444 g/mol. The lowest BCUT2D eigenvalue weighted by molar-refractivity contribution is 0.150. The van der Waals surface area contributed by atoms with Gasteiger partial charge in [-0.05, 0) is 63.2 Å². The number of piperidine rings is 1. The maximum Gasteiger partial charge on any atom is 0.191 e. The van der Waals surface area contributed by atoms with Gasteiger partial charge in [-0.25, -0.2) is 0 Å². The number of aliphatic imine (C=N–C) groups is 1. The summed E-state index contributed by atoms with van der Waals surface area (Å²) in [6.07, 6.45) is 4.62. The van der Waals surface area contributed by atoms with Crippen LogP contribution in [0.2, 0.25) is 0 Å². The summed E-state index contributed by atoms with van der Waals surface area (Å²) in [5.41, 5.74) is 0.664. The van der Waals surface area contributed by atoms with Gasteiger partial charge < -0.3 is 29.6 Å². The van der Waals surface area contributed by atoms with Crippen LogP contribution in [0, 0.1) is 0 Å². The van der Waals surface area contributed by atoms with Gasteiger partial charge in [-0.1, -0.05) is 6.42 Å². The lowest BCUT2D eigenvalue weighted by Crippen LogP contribution is -2.41. The van der Waals surface area contributed by atoms with E-state index in [9.17, 15) is 5.11 Å². The number of hydrogen-bond acceptors (Lipinski definition) is 6. The zero-order valence-corrected chi connectivity index (χ0v) is 19.3. The van der Waals surface area contributed by atoms with Crippen molar-refractivity contribution in [1.82, 2.24) is 15.5 Å². The Labute approximate surface area is 190 Å². The molecule has 3 rings (SSSR count). The second-order valence-corrected chi connectivity index (χ2v) is 7.85. The van der Waals surface area contributed by atoms with Gasteiger partial charge in [0.05, 0.1) is 39.2 Å². The van der Waals surface area contributed by atoms with E-state index in [2.05, 4.69) is 15.5 Å². The van der Waals surface area contributed by atoms with Crippen LogP contribution in [0.25, 0.3) is 0 Å². The molecule has 1 aromatic carbocycles. The highest BCUT2D eigenvalue weighted by Crippen LogP contribution is 2.29. The van der Waals surface area contributed by atoms with Crippen molar-refractivity contribution in [2.24, 2.45) is 4.99 Å². The van der Waals surface area contributed by atoms with E-state index in [4.69, 9.17) is 18.9 Å². The van der Waals surface area contributed by atoms with Crippen LogP contribution in [0.4, 0.5) is 0 Å². The van der Waals surface area contributed by atoms with Crippen LogP contribution < -0.4 is 20.1 Å². The first-order chi connectivity index (χ1) is 15.7. The third-order valence-electron chi connectivity index (χ3n) is 5.73. The summed E-state index contributed by atoms with van der Waals surface area (Å²) in [4.78, 5) is 7.26. The number of likely N-dealkylation sites (tertiary alicyclic amines) is 1. The molecule has 0 aliphatic carbocycles. The fourth-order valence-corrected chi connectivity index (χ4v) is 4.02. The number of rotatable bonds is 10. The number of nitrogens with one attached hydrogen (secondary N) is 2. The van der Waals surface area contributed by atoms with Crippen LogP contribution in [0.1, 0.15) is 49.7 Å². The minimum atomic E-state index is -0.785. The van der Waals surface area contributed by atoms with Crippen molar-refractivity contribution in [3.8, 4) is 11.5 Å². The van der Waals surface area contributed by atoms with Crippen LogP contribution in [-0.4, -0.2) is 62.9 Å². The SMILES string of the molecule is CCNC(=NCC(c1ccco1)N1CCCCC1)NCC(O)c1cc(OC)ccc1OC. The van der Waals surface area contributed by atoms with Crippen LogP contribution in [-0.2, 0) is 0 Å². The zero-order chi connectivity index (χ0) is 22.8. The van der Waals surface area contributed by atoms with E-state index < -0.39 is 6.10 Å². The van der Waals surface area contributed by atoms with Crippen molar-refractivity contribution in [3.05, 3.63) is 47.9 Å². The van der Waals surface area contributed by atoms with E-state index in [-0.39, 0.29) is 12.6 Å². The van der Waals surface area contributed by atoms with Gasteiger partial charge in [0.15, 0.2) is 5.96 Å². The molecule has 8 heteroatoms. The fourth-order valence-electron chi connectivity index (χ4n) is 4.02. The molecule has 2 aromatic rings. The standard InChI is InChI=1S/C24H36N4O4/c1-4-25-24(27-17-21(29)19-15-18(30-2)10-11-22(19)31-3)26-16-20(23-9-8-14-32-23)28-12-6-5-7-13-28/h8-11,14-15,20-21,29H,4-7,12-13,16-17H2,1-3H3,(H2,25,26,27). The molecule has 2 heterocycles. The Bertz CT molecular complexity index is 835. The molecular formula is C24H36N4O4. The minimum absolute atomic E-state index is 0.101. The first-order valence-corrected chi connectivity index (χ1v) is 11.4. The van der Waals surface area contributed by atoms with Crippen molar-refractivity contribution in [2.75, 3.05) is 46.9 Å². The van der Waals surface area contributed by atoms with Gasteiger partial charge in [-0.2, -0.15) is 0 Å². The predicted molar refractivity (Wildman–Crippen MR) is 125 cm³/mol. The maximum absolute atomic E-state index is 10.8. The summed E-state index contributed by atoms with van der Waals surface area (Å²) >= 11 is 0. The highest BCUT2D eigenvalue weighted by Gasteiger charge is 2.24. The van der Waals surface area contributed by atoms with E-state index in [1.807, 2.05) is 25.1 Å². The van der Waals surface area contributed by atoms with Crippen LogP contribution >= 0.6 is 0 Å². The summed E-state index contributed by atoms with van der Waals surface area (Å²) in [6.45, 7) is 5.71. The van der Waals surface area contributed by atoms with Crippen LogP contribution in [0.15, 0.2) is 46.0 Å². The molecule has 8 nitrogen and oxygen atoms in total. The van der Waals surface area contributed by atoms with Gasteiger partial charge >= 0.3 is 0 Å². The Morgan fingerprint density at radius 3 is 2.62 bits per heavy atom. The molecule has 1 aliphatic heterocycles. The Kier molecular flexibility index (Phi) is 9.25. The lowest BCUT2D eigenvalue weighted by Gasteiger charge is -2.32. The summed E-state index contributed by atoms with van der Waals surface area (Å²) in [6, 6.07) is 9.44. The number of ether oxygens (including phenoxy) is 2. The average molecular weight is 445 g/mol. The van der Waals surface area contributed by atoms with E-state index in [1.165, 1.54) is 19.3 Å². The maximum atomic E-state index is 10.8. The van der Waals surface area contributed by atoms with Gasteiger partial charge in [0, 0.05) is 18.7 Å². The van der Waals surface area contributed by atoms with Crippen molar-refractivity contribution in [2.45, 2.75) is 38.3 Å². The molecule has 1 saturated heterocycles. The molecule has 1 aromatic heterocycles. The number of guanidine groups is 1.